The van der Waals surface area contributed by atoms with Gasteiger partial charge in [-0.25, -0.2) is 5.26 Å². The number of hydrogen-bond acceptors (Lipinski definition) is 5. The van der Waals surface area contributed by atoms with Crippen LogP contribution in [-0.2, 0) is 9.37 Å². The third-order valence-corrected chi connectivity index (χ3v) is 4.87. The molecule has 0 aliphatic heterocycles. The molecule has 0 spiro atoms. The molecule has 1 aromatic carbocycles. The molecule has 0 saturated carbocycles. The van der Waals surface area contributed by atoms with Crippen molar-refractivity contribution >= 4 is 57.5 Å². The van der Waals surface area contributed by atoms with Crippen LogP contribution in [0.1, 0.15) is 12.5 Å². The first-order valence-electron chi connectivity index (χ1n) is 5.20. The molecule has 0 fully saturated rings. The molecular weight excluding hydrogens is 385 g/mol. The summed E-state index contributed by atoms with van der Waals surface area (Å²) in [6.07, 6.45) is 0. The first kappa shape index (κ1) is 16.1. The van der Waals surface area contributed by atoms with Crippen LogP contribution in [0.4, 0.5) is 5.69 Å². The molecular formula is C11H14INO3S2. The maximum Gasteiger partial charge on any atom is 0.0833 e. The molecule has 0 heterocycles. The van der Waals surface area contributed by atoms with Crippen molar-refractivity contribution in [2.24, 2.45) is 5.92 Å². The van der Waals surface area contributed by atoms with E-state index in [-0.39, 0.29) is 0 Å². The van der Waals surface area contributed by atoms with Gasteiger partial charge in [0.1, 0.15) is 0 Å². The second-order valence-electron chi connectivity index (χ2n) is 3.75. The maximum absolute atomic E-state index is 8.11. The average Bonchev–Trinajstić information content (AvgIpc) is 2.36. The zero-order valence-corrected chi connectivity index (χ0v) is 13.8. The molecule has 0 aliphatic rings. The molecule has 0 amide bonds. The molecule has 7 heteroatoms. The molecule has 1 rings (SSSR count). The van der Waals surface area contributed by atoms with E-state index in [0.29, 0.717) is 5.92 Å². The summed E-state index contributed by atoms with van der Waals surface area (Å²) in [6.45, 7) is 4.03. The zero-order chi connectivity index (χ0) is 13.5. The number of alkyl halides is 1. The molecule has 0 radical (unpaired) electrons. The highest BCUT2D eigenvalue weighted by Gasteiger charge is 2.08. The molecule has 0 bridgehead atoms. The summed E-state index contributed by atoms with van der Waals surface area (Å²) in [5.74, 6) is 0.348. The van der Waals surface area contributed by atoms with Gasteiger partial charge in [-0.3, -0.25) is 0 Å². The summed E-state index contributed by atoms with van der Waals surface area (Å²) < 4.78 is 5.39. The molecule has 4 nitrogen and oxygen atoms in total. The van der Waals surface area contributed by atoms with E-state index in [2.05, 4.69) is 44.2 Å². The monoisotopic (exact) mass is 399 g/mol. The smallest absolute Gasteiger partial charge is 0.0833 e. The number of rotatable bonds is 6. The zero-order valence-electron chi connectivity index (χ0n) is 9.97. The van der Waals surface area contributed by atoms with E-state index in [4.69, 9.17) is 17.5 Å². The minimum atomic E-state index is 0.348. The second kappa shape index (κ2) is 8.28. The fourth-order valence-corrected chi connectivity index (χ4v) is 2.57. The van der Waals surface area contributed by atoms with Gasteiger partial charge in [0.05, 0.1) is 17.0 Å². The average molecular weight is 399 g/mol. The minimum Gasteiger partial charge on any atom is -0.350 e. The molecule has 0 aromatic heterocycles. The van der Waals surface area contributed by atoms with Gasteiger partial charge in [0.2, 0.25) is 0 Å². The Morgan fingerprint density at radius 1 is 1.61 bits per heavy atom. The third kappa shape index (κ3) is 4.98. The quantitative estimate of drug-likeness (QED) is 0.187. The van der Waals surface area contributed by atoms with Gasteiger partial charge in [0.15, 0.2) is 0 Å². The van der Waals surface area contributed by atoms with Crippen LogP contribution in [0.3, 0.4) is 0 Å². The van der Waals surface area contributed by atoms with Gasteiger partial charge in [-0.2, -0.15) is 0 Å². The lowest BCUT2D eigenvalue weighted by atomic mass is 10.2. The first-order valence-corrected chi connectivity index (χ1v) is 7.88. The Kier molecular flexibility index (Phi) is 7.42. The summed E-state index contributed by atoms with van der Waals surface area (Å²) in [4.78, 5) is 1.70. The normalized spacial score (nSPS) is 12.2. The Morgan fingerprint density at radius 2 is 2.33 bits per heavy atom. The van der Waals surface area contributed by atoms with Crippen molar-refractivity contribution in [2.75, 3.05) is 9.74 Å². The van der Waals surface area contributed by atoms with Crippen LogP contribution < -0.4 is 5.32 Å². The minimum absolute atomic E-state index is 0.348. The molecule has 1 atom stereocenters. The standard InChI is InChI=1S/C11H14INO3S2/c1-7-5-9(13-11(17)8(2)6-12)3-4-10(7)18-16-15-14/h3-5,8,14H,6H2,1-2H3,(H,13,17). The topological polar surface area (TPSA) is 50.7 Å². The van der Waals surface area contributed by atoms with Gasteiger partial charge in [-0.1, -0.05) is 46.8 Å². The van der Waals surface area contributed by atoms with Crippen molar-refractivity contribution in [1.82, 2.24) is 0 Å². The van der Waals surface area contributed by atoms with E-state index in [1.807, 2.05) is 25.1 Å². The van der Waals surface area contributed by atoms with Crippen molar-refractivity contribution in [3.05, 3.63) is 23.8 Å². The van der Waals surface area contributed by atoms with Crippen LogP contribution in [0, 0.1) is 12.8 Å². The first-order chi connectivity index (χ1) is 8.58. The van der Waals surface area contributed by atoms with Crippen molar-refractivity contribution < 1.29 is 14.6 Å². The Bertz CT molecular complexity index is 417. The van der Waals surface area contributed by atoms with E-state index in [0.717, 1.165) is 37.6 Å². The fourth-order valence-electron chi connectivity index (χ4n) is 1.21. The summed E-state index contributed by atoms with van der Waals surface area (Å²) in [6, 6.07) is 5.75. The van der Waals surface area contributed by atoms with Gasteiger partial charge in [0.25, 0.3) is 0 Å². The van der Waals surface area contributed by atoms with Crippen LogP contribution in [0.2, 0.25) is 0 Å². The van der Waals surface area contributed by atoms with Crippen LogP contribution in [0.15, 0.2) is 23.1 Å². The SMILES string of the molecule is Cc1cc(NC(=S)C(C)CI)ccc1SOOO. The predicted octanol–water partition coefficient (Wildman–Crippen LogP) is 4.23. The molecule has 2 N–H and O–H groups in total. The molecule has 1 aromatic rings. The Balaban J connectivity index is 2.69. The van der Waals surface area contributed by atoms with Crippen LogP contribution in [0.25, 0.3) is 0 Å². The third-order valence-electron chi connectivity index (χ3n) is 2.28. The summed E-state index contributed by atoms with van der Waals surface area (Å²) in [5.41, 5.74) is 1.95. The predicted molar refractivity (Wildman–Crippen MR) is 86.1 cm³/mol. The highest BCUT2D eigenvalue weighted by molar-refractivity contribution is 14.1. The summed E-state index contributed by atoms with van der Waals surface area (Å²) in [7, 11) is 0. The Labute approximate surface area is 130 Å². The highest BCUT2D eigenvalue weighted by Crippen LogP contribution is 2.26. The second-order valence-corrected chi connectivity index (χ2v) is 5.81. The number of benzene rings is 1. The highest BCUT2D eigenvalue weighted by atomic mass is 127. The van der Waals surface area contributed by atoms with Gasteiger partial charge >= 0.3 is 0 Å². The van der Waals surface area contributed by atoms with Crippen molar-refractivity contribution in [3.63, 3.8) is 0 Å². The Hall–Kier alpha value is 0.0700. The van der Waals surface area contributed by atoms with Gasteiger partial charge in [0, 0.05) is 20.9 Å². The molecule has 0 aliphatic carbocycles. The van der Waals surface area contributed by atoms with Crippen LogP contribution >= 0.6 is 46.9 Å². The number of aryl methyl sites for hydroxylation is 1. The van der Waals surface area contributed by atoms with Crippen molar-refractivity contribution in [2.45, 2.75) is 18.7 Å². The molecule has 0 saturated heterocycles. The lowest BCUT2D eigenvalue weighted by Gasteiger charge is -2.13. The van der Waals surface area contributed by atoms with Crippen molar-refractivity contribution in [1.29, 1.82) is 0 Å². The molecule has 100 valence electrons. The Morgan fingerprint density at radius 3 is 2.89 bits per heavy atom. The number of nitrogens with one attached hydrogen (secondary N) is 1. The van der Waals surface area contributed by atoms with Gasteiger partial charge < -0.3 is 5.32 Å². The van der Waals surface area contributed by atoms with E-state index in [1.54, 1.807) is 0 Å². The number of anilines is 1. The number of hydrogen-bond donors (Lipinski definition) is 2. The van der Waals surface area contributed by atoms with E-state index in [9.17, 15) is 0 Å². The van der Waals surface area contributed by atoms with E-state index >= 15 is 0 Å². The lowest BCUT2D eigenvalue weighted by molar-refractivity contribution is -0.432. The molecule has 18 heavy (non-hydrogen) atoms. The fraction of sp³-hybridized carbons (Fsp3) is 0.364. The number of halogens is 1. The maximum atomic E-state index is 8.11. The summed E-state index contributed by atoms with van der Waals surface area (Å²) >= 11 is 8.57. The van der Waals surface area contributed by atoms with Gasteiger partial charge in [-0.15, -0.1) is 4.33 Å². The van der Waals surface area contributed by atoms with Crippen LogP contribution in [0.5, 0.6) is 0 Å². The largest absolute Gasteiger partial charge is 0.350 e. The van der Waals surface area contributed by atoms with E-state index < -0.39 is 0 Å². The molecule has 1 unspecified atom stereocenters. The van der Waals surface area contributed by atoms with Crippen molar-refractivity contribution in [3.8, 4) is 0 Å². The van der Waals surface area contributed by atoms with E-state index in [1.165, 1.54) is 0 Å². The van der Waals surface area contributed by atoms with Crippen LogP contribution in [-0.4, -0.2) is 14.7 Å². The number of thiocarbonyl (C=S) groups is 1. The summed E-state index contributed by atoms with van der Waals surface area (Å²) in [5, 5.41) is 14.9. The lowest BCUT2D eigenvalue weighted by Crippen LogP contribution is -2.19. The van der Waals surface area contributed by atoms with Gasteiger partial charge in [-0.05, 0) is 30.7 Å².